The maximum Gasteiger partial charge on any atom is 0.160 e. The van der Waals surface area contributed by atoms with E-state index in [9.17, 15) is 0 Å². The second-order valence-electron chi connectivity index (χ2n) is 34.6. The molecule has 0 atom stereocenters. The molecule has 124 heavy (non-hydrogen) atoms. The fourth-order valence-corrected chi connectivity index (χ4v) is 20.7. The smallest absolute Gasteiger partial charge is 0.160 e. The van der Waals surface area contributed by atoms with Crippen molar-refractivity contribution in [3.05, 3.63) is 423 Å². The van der Waals surface area contributed by atoms with Crippen molar-refractivity contribution in [1.29, 1.82) is 0 Å². The third-order valence-electron chi connectivity index (χ3n) is 26.8. The van der Waals surface area contributed by atoms with Crippen LogP contribution in [0.2, 0.25) is 0 Å². The Bertz CT molecular complexity index is 8070. The summed E-state index contributed by atoms with van der Waals surface area (Å²) in [7, 11) is 0. The Morgan fingerprint density at radius 3 is 1.24 bits per heavy atom. The van der Waals surface area contributed by atoms with Crippen molar-refractivity contribution >= 4 is 70.9 Å². The second-order valence-corrected chi connectivity index (χ2v) is 34.6. The molecule has 0 N–H and O–H groups in total. The van der Waals surface area contributed by atoms with Crippen molar-refractivity contribution in [3.63, 3.8) is 0 Å². The molecule has 0 aliphatic heterocycles. The molecule has 24 rings (SSSR count). The average Bonchev–Trinajstić information content (AvgIpc) is 1.58. The molecule has 3 aliphatic rings. The quantitative estimate of drug-likeness (QED) is 0.115. The van der Waals surface area contributed by atoms with E-state index in [1.165, 1.54) is 121 Å². The van der Waals surface area contributed by atoms with Crippen molar-refractivity contribution in [1.82, 2.24) is 29.1 Å². The van der Waals surface area contributed by atoms with Gasteiger partial charge in [-0.3, -0.25) is 0 Å². The number of nitrogens with zero attached hydrogens (tertiary/aromatic N) is 6. The first-order valence-corrected chi connectivity index (χ1v) is 43.2. The number of rotatable bonds is 13. The van der Waals surface area contributed by atoms with Crippen LogP contribution in [0.4, 0.5) is 0 Å². The van der Waals surface area contributed by atoms with Gasteiger partial charge in [-0.15, -0.1) is 0 Å². The maximum absolute atomic E-state index is 5.54. The molecule has 4 aromatic heterocycles. The summed E-state index contributed by atoms with van der Waals surface area (Å²) in [6, 6.07) is 140. The molecule has 0 amide bonds. The SMILES string of the molecule is CC1(C)c2ccccc2-c2cc(-c3cc(-c4ccc(-c5ccc(-c6ccc7c(c6)c6ccccc6n7-c6cccc(-c7ccc8c(c7)C(C)(C)c7c(-c9cc(-c%10ccc(-c%11ccc(-c%12ccc%13c(c%12)c%12ccccc%12n%13C%12=CCCC=C%12)cc%11)c%11ccccc%10%11)nc(-c%10ccccc%10)n9)cccc7-8)c6)cc5)c5ccccc45)nc(-c4ccccc4)n3)ccc21. The largest absolute Gasteiger partial charge is 0.310 e. The first-order valence-electron chi connectivity index (χ1n) is 43.2. The van der Waals surface area contributed by atoms with E-state index in [0.29, 0.717) is 11.6 Å². The van der Waals surface area contributed by atoms with Gasteiger partial charge in [0.25, 0.3) is 0 Å². The van der Waals surface area contributed by atoms with Gasteiger partial charge in [0.15, 0.2) is 11.6 Å². The molecule has 17 aromatic carbocycles. The Morgan fingerprint density at radius 2 is 0.637 bits per heavy atom. The number of aromatic nitrogens is 6. The van der Waals surface area contributed by atoms with Crippen molar-refractivity contribution < 1.29 is 0 Å². The number of hydrogen-bond acceptors (Lipinski definition) is 4. The molecule has 4 heterocycles. The fourth-order valence-electron chi connectivity index (χ4n) is 20.7. The first-order chi connectivity index (χ1) is 61.0. The molecule has 0 saturated heterocycles. The lowest BCUT2D eigenvalue weighted by Gasteiger charge is -2.25. The molecule has 21 aromatic rings. The molecule has 584 valence electrons. The van der Waals surface area contributed by atoms with Crippen LogP contribution < -0.4 is 0 Å². The molecule has 3 aliphatic carbocycles. The zero-order valence-corrected chi connectivity index (χ0v) is 69.2. The van der Waals surface area contributed by atoms with E-state index in [1.807, 2.05) is 6.07 Å². The van der Waals surface area contributed by atoms with Gasteiger partial charge in [0.05, 0.1) is 44.8 Å². The maximum atomic E-state index is 5.54. The second kappa shape index (κ2) is 28.6. The van der Waals surface area contributed by atoms with Gasteiger partial charge in [-0.1, -0.05) is 349 Å². The molecule has 0 unspecified atom stereocenters. The Balaban J connectivity index is 0.525. The van der Waals surface area contributed by atoms with E-state index in [4.69, 9.17) is 19.9 Å². The lowest BCUT2D eigenvalue weighted by Crippen LogP contribution is -2.16. The highest BCUT2D eigenvalue weighted by molar-refractivity contribution is 6.14. The Morgan fingerprint density at radius 1 is 0.226 bits per heavy atom. The number of hydrogen-bond donors (Lipinski definition) is 0. The zero-order chi connectivity index (χ0) is 82.5. The van der Waals surface area contributed by atoms with Gasteiger partial charge in [0.1, 0.15) is 0 Å². The molecular weight excluding hydrogens is 1500 g/mol. The minimum atomic E-state index is -0.394. The van der Waals surface area contributed by atoms with Crippen LogP contribution in [0.25, 0.3) is 222 Å². The van der Waals surface area contributed by atoms with Gasteiger partial charge >= 0.3 is 0 Å². The van der Waals surface area contributed by atoms with Gasteiger partial charge in [-0.05, 0) is 213 Å². The van der Waals surface area contributed by atoms with E-state index in [2.05, 4.69) is 431 Å². The first kappa shape index (κ1) is 72.5. The highest BCUT2D eigenvalue weighted by Crippen LogP contribution is 2.55. The minimum absolute atomic E-state index is 0.0893. The summed E-state index contributed by atoms with van der Waals surface area (Å²) in [4.78, 5) is 21.7. The van der Waals surface area contributed by atoms with E-state index < -0.39 is 5.41 Å². The van der Waals surface area contributed by atoms with Crippen molar-refractivity contribution in [2.24, 2.45) is 0 Å². The molecule has 0 radical (unpaired) electrons. The van der Waals surface area contributed by atoms with Gasteiger partial charge < -0.3 is 9.13 Å². The summed E-state index contributed by atoms with van der Waals surface area (Å²) in [5, 5.41) is 9.55. The number of fused-ring (bicyclic) bond motifs is 14. The van der Waals surface area contributed by atoms with Crippen LogP contribution in [0.1, 0.15) is 62.8 Å². The third-order valence-corrected chi connectivity index (χ3v) is 26.8. The van der Waals surface area contributed by atoms with Gasteiger partial charge in [0, 0.05) is 77.1 Å². The zero-order valence-electron chi connectivity index (χ0n) is 69.2. The summed E-state index contributed by atoms with van der Waals surface area (Å²) in [5.74, 6) is 1.39. The summed E-state index contributed by atoms with van der Waals surface area (Å²) in [6.45, 7) is 9.44. The van der Waals surface area contributed by atoms with E-state index in [-0.39, 0.29) is 5.41 Å². The number of para-hydroxylation sites is 2. The average molecular weight is 1580 g/mol. The molecule has 0 saturated carbocycles. The van der Waals surface area contributed by atoms with Crippen molar-refractivity contribution in [3.8, 4) is 151 Å². The van der Waals surface area contributed by atoms with E-state index in [0.717, 1.165) is 124 Å². The Hall–Kier alpha value is -15.5. The van der Waals surface area contributed by atoms with Crippen molar-refractivity contribution in [2.45, 2.75) is 51.4 Å². The molecule has 0 bridgehead atoms. The van der Waals surface area contributed by atoms with E-state index >= 15 is 0 Å². The Labute approximate surface area is 720 Å². The lowest BCUT2D eigenvalue weighted by atomic mass is 9.79. The van der Waals surface area contributed by atoms with Crippen LogP contribution in [-0.2, 0) is 10.8 Å². The normalized spacial score (nSPS) is 13.6. The molecule has 0 fully saturated rings. The van der Waals surface area contributed by atoms with Crippen molar-refractivity contribution in [2.75, 3.05) is 0 Å². The third kappa shape index (κ3) is 11.8. The highest BCUT2D eigenvalue weighted by atomic mass is 15.0. The van der Waals surface area contributed by atoms with Gasteiger partial charge in [-0.2, -0.15) is 0 Å². The number of allylic oxidation sites excluding steroid dienone is 4. The van der Waals surface area contributed by atoms with Gasteiger partial charge in [-0.25, -0.2) is 19.9 Å². The standard InChI is InChI=1S/C118H82N6/c1-117(2)103-43-21-18-38-92(103)100-69-83(55-63-104(100)117)106-71-107(120-115(119-106)77-26-8-5-9-27-77)94-61-59-86(88-34-14-16-36-90(88)94)75-52-48-74(49-53-75)81-57-65-113-102(68-81)97-40-20-23-45-111(97)124(113)85-33-24-30-79(66-85)82-54-58-93-98-41-25-42-99(114(98)118(3,4)105(93)70-82)109-72-108(121-116(122-109)78-28-10-6-11-29-78)95-62-60-87(89-35-15-17-37-91(89)95)76-50-46-73(47-51-76)80-56-64-112-101(67-80)96-39-19-22-44-110(96)123(112)84-31-12-7-13-32-84/h5-6,8-12,14-72H,7,13H2,1-4H3. The molecule has 0 spiro atoms. The summed E-state index contributed by atoms with van der Waals surface area (Å²) < 4.78 is 4.87. The predicted molar refractivity (Wildman–Crippen MR) is 518 cm³/mol. The van der Waals surface area contributed by atoms with Crippen LogP contribution in [0, 0.1) is 0 Å². The summed E-state index contributed by atoms with van der Waals surface area (Å²) in [5.41, 5.74) is 38.4. The topological polar surface area (TPSA) is 61.4 Å². The molecule has 6 heteroatoms. The van der Waals surface area contributed by atoms with Crippen LogP contribution >= 0.6 is 0 Å². The number of benzene rings is 17. The summed E-state index contributed by atoms with van der Waals surface area (Å²) >= 11 is 0. The van der Waals surface area contributed by atoms with Crippen LogP contribution in [0.15, 0.2) is 400 Å². The minimum Gasteiger partial charge on any atom is -0.310 e. The van der Waals surface area contributed by atoms with E-state index in [1.54, 1.807) is 0 Å². The van der Waals surface area contributed by atoms with Crippen LogP contribution in [0.5, 0.6) is 0 Å². The Kier molecular flexibility index (Phi) is 16.7. The lowest BCUT2D eigenvalue weighted by molar-refractivity contribution is 0.660. The highest BCUT2D eigenvalue weighted by Gasteiger charge is 2.39. The van der Waals surface area contributed by atoms with Gasteiger partial charge in [0.2, 0.25) is 0 Å². The fraction of sp³-hybridized carbons (Fsp3) is 0.0678. The molecular formula is C118H82N6. The van der Waals surface area contributed by atoms with Crippen LogP contribution in [-0.4, -0.2) is 29.1 Å². The predicted octanol–water partition coefficient (Wildman–Crippen LogP) is 30.9. The monoisotopic (exact) mass is 1580 g/mol. The molecule has 6 nitrogen and oxygen atoms in total. The summed E-state index contributed by atoms with van der Waals surface area (Å²) in [6.07, 6.45) is 9.06. The van der Waals surface area contributed by atoms with Crippen LogP contribution in [0.3, 0.4) is 0 Å².